The lowest BCUT2D eigenvalue weighted by Gasteiger charge is -2.21. The van der Waals surface area contributed by atoms with Crippen LogP contribution < -0.4 is 10.1 Å². The lowest BCUT2D eigenvalue weighted by atomic mass is 10.2. The molecule has 8 heteroatoms. The summed E-state index contributed by atoms with van der Waals surface area (Å²) in [6.07, 6.45) is 0. The van der Waals surface area contributed by atoms with Gasteiger partial charge in [-0.3, -0.25) is 0 Å². The van der Waals surface area contributed by atoms with Crippen molar-refractivity contribution in [2.75, 3.05) is 24.7 Å². The van der Waals surface area contributed by atoms with Crippen molar-refractivity contribution in [2.24, 2.45) is 5.92 Å². The maximum atomic E-state index is 12.9. The molecule has 0 aromatic heterocycles. The molecule has 2 atom stereocenters. The molecule has 0 spiro atoms. The summed E-state index contributed by atoms with van der Waals surface area (Å²) < 4.78 is 55.1. The van der Waals surface area contributed by atoms with Crippen LogP contribution in [-0.4, -0.2) is 52.8 Å². The van der Waals surface area contributed by atoms with E-state index in [0.29, 0.717) is 24.8 Å². The standard InChI is InChI=1S/C16H25NO5S2/c1-4-22-13-5-7-14(8-6-13)24(20,21)16-11-23(18,19)10-15(16)17-9-12(2)3/h5-8,12,15-17H,4,9-11H2,1-3H3/t15-,16-/m1/s1. The normalized spacial score (nSPS) is 23.5. The molecule has 2 rings (SSSR count). The number of hydrogen-bond donors (Lipinski definition) is 1. The van der Waals surface area contributed by atoms with Gasteiger partial charge in [-0.2, -0.15) is 0 Å². The van der Waals surface area contributed by atoms with Gasteiger partial charge in [0.05, 0.1) is 28.3 Å². The van der Waals surface area contributed by atoms with E-state index in [-0.39, 0.29) is 16.4 Å². The fourth-order valence-corrected chi connectivity index (χ4v) is 7.48. The zero-order chi connectivity index (χ0) is 18.0. The van der Waals surface area contributed by atoms with Gasteiger partial charge in [-0.25, -0.2) is 16.8 Å². The molecule has 1 N–H and O–H groups in total. The van der Waals surface area contributed by atoms with Crippen LogP contribution in [0.3, 0.4) is 0 Å². The quantitative estimate of drug-likeness (QED) is 0.772. The number of nitrogens with one attached hydrogen (secondary N) is 1. The summed E-state index contributed by atoms with van der Waals surface area (Å²) in [6.45, 7) is 6.90. The maximum absolute atomic E-state index is 12.9. The molecule has 0 bridgehead atoms. The summed E-state index contributed by atoms with van der Waals surface area (Å²) in [5.41, 5.74) is 0. The maximum Gasteiger partial charge on any atom is 0.183 e. The number of benzene rings is 1. The third-order valence-corrected chi connectivity index (χ3v) is 8.12. The second kappa shape index (κ2) is 7.41. The summed E-state index contributed by atoms with van der Waals surface area (Å²) in [6, 6.07) is 5.57. The van der Waals surface area contributed by atoms with E-state index in [9.17, 15) is 16.8 Å². The molecule has 0 saturated carbocycles. The molecule has 1 aliphatic rings. The first-order valence-electron chi connectivity index (χ1n) is 8.06. The van der Waals surface area contributed by atoms with Gasteiger partial charge in [0.1, 0.15) is 5.75 Å². The summed E-state index contributed by atoms with van der Waals surface area (Å²) in [7, 11) is -7.10. The third-order valence-electron chi connectivity index (χ3n) is 3.95. The van der Waals surface area contributed by atoms with Crippen LogP contribution in [0.2, 0.25) is 0 Å². The third kappa shape index (κ3) is 4.49. The largest absolute Gasteiger partial charge is 0.494 e. The Labute approximate surface area is 144 Å². The lowest BCUT2D eigenvalue weighted by Crippen LogP contribution is -2.44. The Hall–Kier alpha value is -1.12. The molecule has 1 heterocycles. The van der Waals surface area contributed by atoms with Gasteiger partial charge in [-0.15, -0.1) is 0 Å². The summed E-state index contributed by atoms with van der Waals surface area (Å²) >= 11 is 0. The van der Waals surface area contributed by atoms with Crippen molar-refractivity contribution in [3.05, 3.63) is 24.3 Å². The molecule has 0 aliphatic carbocycles. The molecule has 1 fully saturated rings. The van der Waals surface area contributed by atoms with Crippen molar-refractivity contribution in [3.8, 4) is 5.75 Å². The van der Waals surface area contributed by atoms with Crippen LogP contribution in [-0.2, 0) is 19.7 Å². The molecule has 6 nitrogen and oxygen atoms in total. The molecule has 24 heavy (non-hydrogen) atoms. The van der Waals surface area contributed by atoms with Crippen molar-refractivity contribution < 1.29 is 21.6 Å². The van der Waals surface area contributed by atoms with E-state index in [4.69, 9.17) is 4.74 Å². The van der Waals surface area contributed by atoms with Crippen LogP contribution in [0.1, 0.15) is 20.8 Å². The van der Waals surface area contributed by atoms with Crippen molar-refractivity contribution >= 4 is 19.7 Å². The predicted molar refractivity (Wildman–Crippen MR) is 93.9 cm³/mol. The van der Waals surface area contributed by atoms with Crippen LogP contribution >= 0.6 is 0 Å². The Balaban J connectivity index is 2.27. The van der Waals surface area contributed by atoms with E-state index in [1.807, 2.05) is 20.8 Å². The Kier molecular flexibility index (Phi) is 5.93. The average molecular weight is 376 g/mol. The Morgan fingerprint density at radius 1 is 1.21 bits per heavy atom. The molecule has 1 aliphatic heterocycles. The van der Waals surface area contributed by atoms with E-state index >= 15 is 0 Å². The van der Waals surface area contributed by atoms with Gasteiger partial charge in [0.25, 0.3) is 0 Å². The zero-order valence-corrected chi connectivity index (χ0v) is 15.9. The molecule has 0 unspecified atom stereocenters. The van der Waals surface area contributed by atoms with E-state index < -0.39 is 31.0 Å². The second-order valence-electron chi connectivity index (χ2n) is 6.47. The van der Waals surface area contributed by atoms with E-state index in [2.05, 4.69) is 5.32 Å². The first-order valence-corrected chi connectivity index (χ1v) is 11.4. The average Bonchev–Trinajstić information content (AvgIpc) is 2.82. The fourth-order valence-electron chi connectivity index (χ4n) is 2.77. The van der Waals surface area contributed by atoms with Crippen LogP contribution in [0.15, 0.2) is 29.2 Å². The minimum Gasteiger partial charge on any atom is -0.494 e. The second-order valence-corrected chi connectivity index (χ2v) is 10.8. The number of ether oxygens (including phenoxy) is 1. The van der Waals surface area contributed by atoms with Gasteiger partial charge in [0.2, 0.25) is 0 Å². The highest BCUT2D eigenvalue weighted by atomic mass is 32.2. The topological polar surface area (TPSA) is 89.5 Å². The highest BCUT2D eigenvalue weighted by molar-refractivity contribution is 7.96. The molecule has 0 amide bonds. The molecule has 1 saturated heterocycles. The smallest absolute Gasteiger partial charge is 0.183 e. The molecular formula is C16H25NO5S2. The van der Waals surface area contributed by atoms with Crippen molar-refractivity contribution in [1.82, 2.24) is 5.32 Å². The number of sulfone groups is 2. The molecule has 136 valence electrons. The van der Waals surface area contributed by atoms with Gasteiger partial charge >= 0.3 is 0 Å². The molecule has 0 radical (unpaired) electrons. The minimum atomic E-state index is -3.74. The van der Waals surface area contributed by atoms with Gasteiger partial charge in [0, 0.05) is 6.04 Å². The SMILES string of the molecule is CCOc1ccc(S(=O)(=O)[C@@H]2CS(=O)(=O)C[C@H]2NCC(C)C)cc1. The van der Waals surface area contributed by atoms with Crippen molar-refractivity contribution in [3.63, 3.8) is 0 Å². The van der Waals surface area contributed by atoms with E-state index in [1.54, 1.807) is 12.1 Å². The van der Waals surface area contributed by atoms with Crippen LogP contribution in [0, 0.1) is 5.92 Å². The molecule has 1 aromatic rings. The Morgan fingerprint density at radius 2 is 1.83 bits per heavy atom. The van der Waals surface area contributed by atoms with E-state index in [1.165, 1.54) is 12.1 Å². The van der Waals surface area contributed by atoms with Gasteiger partial charge in [0.15, 0.2) is 19.7 Å². The summed E-state index contributed by atoms with van der Waals surface area (Å²) in [4.78, 5) is 0.129. The van der Waals surface area contributed by atoms with Crippen LogP contribution in [0.25, 0.3) is 0 Å². The first-order chi connectivity index (χ1) is 11.2. The highest BCUT2D eigenvalue weighted by Gasteiger charge is 2.45. The summed E-state index contributed by atoms with van der Waals surface area (Å²) in [5, 5.41) is 2.15. The molecule has 1 aromatic carbocycles. The van der Waals surface area contributed by atoms with Crippen molar-refractivity contribution in [1.29, 1.82) is 0 Å². The van der Waals surface area contributed by atoms with Crippen LogP contribution in [0.4, 0.5) is 0 Å². The highest BCUT2D eigenvalue weighted by Crippen LogP contribution is 2.27. The van der Waals surface area contributed by atoms with Crippen LogP contribution in [0.5, 0.6) is 5.75 Å². The first kappa shape index (κ1) is 19.2. The van der Waals surface area contributed by atoms with Crippen molar-refractivity contribution in [2.45, 2.75) is 37.0 Å². The monoisotopic (exact) mass is 375 g/mol. The number of hydrogen-bond acceptors (Lipinski definition) is 6. The van der Waals surface area contributed by atoms with Gasteiger partial charge in [-0.05, 0) is 43.7 Å². The van der Waals surface area contributed by atoms with Gasteiger partial charge in [-0.1, -0.05) is 13.8 Å². The van der Waals surface area contributed by atoms with E-state index in [0.717, 1.165) is 0 Å². The number of rotatable bonds is 7. The molecular weight excluding hydrogens is 350 g/mol. The predicted octanol–water partition coefficient (Wildman–Crippen LogP) is 1.27. The zero-order valence-electron chi connectivity index (χ0n) is 14.2. The fraction of sp³-hybridized carbons (Fsp3) is 0.625. The minimum absolute atomic E-state index is 0.129. The lowest BCUT2D eigenvalue weighted by molar-refractivity contribution is 0.340. The van der Waals surface area contributed by atoms with Gasteiger partial charge < -0.3 is 10.1 Å². The Bertz CT molecular complexity index is 754. The summed E-state index contributed by atoms with van der Waals surface area (Å²) in [5.74, 6) is 0.422. The Morgan fingerprint density at radius 3 is 2.38 bits per heavy atom.